The van der Waals surface area contributed by atoms with E-state index in [9.17, 15) is 25.1 Å². The second kappa shape index (κ2) is 6.46. The molecule has 0 aliphatic rings. The van der Waals surface area contributed by atoms with Crippen molar-refractivity contribution in [3.63, 3.8) is 0 Å². The third kappa shape index (κ3) is 3.31. The van der Waals surface area contributed by atoms with Gasteiger partial charge in [0.25, 0.3) is 5.69 Å². The lowest BCUT2D eigenvalue weighted by atomic mass is 10.1. The second-order valence-electron chi connectivity index (χ2n) is 4.80. The number of phenolic OH excluding ortho intramolecular Hbond substituents is 2. The molecule has 0 bridgehead atoms. The summed E-state index contributed by atoms with van der Waals surface area (Å²) in [7, 11) is 0. The molecule has 9 heteroatoms. The van der Waals surface area contributed by atoms with Crippen molar-refractivity contribution in [2.24, 2.45) is 0 Å². The van der Waals surface area contributed by atoms with Gasteiger partial charge in [-0.1, -0.05) is 11.8 Å². The normalized spacial score (nSPS) is 10.8. The smallest absolute Gasteiger partial charge is 0.270 e. The third-order valence-corrected chi connectivity index (χ3v) is 5.35. The van der Waals surface area contributed by atoms with Gasteiger partial charge in [0.15, 0.2) is 21.6 Å². The van der Waals surface area contributed by atoms with Crippen molar-refractivity contribution in [2.45, 2.75) is 4.34 Å². The summed E-state index contributed by atoms with van der Waals surface area (Å²) in [6.07, 6.45) is 0. The van der Waals surface area contributed by atoms with Crippen LogP contribution >= 0.6 is 23.1 Å². The lowest BCUT2D eigenvalue weighted by molar-refractivity contribution is -0.384. The Morgan fingerprint density at radius 2 is 2.00 bits per heavy atom. The summed E-state index contributed by atoms with van der Waals surface area (Å²) >= 11 is 2.49. The zero-order chi connectivity index (χ0) is 17.3. The Labute approximate surface area is 143 Å². The number of carbonyl (C=O) groups excluding carboxylic acids is 1. The molecule has 1 heterocycles. The van der Waals surface area contributed by atoms with Gasteiger partial charge in [0.2, 0.25) is 0 Å². The minimum absolute atomic E-state index is 0.00153. The van der Waals surface area contributed by atoms with E-state index in [1.54, 1.807) is 6.07 Å². The number of fused-ring (bicyclic) bond motifs is 1. The van der Waals surface area contributed by atoms with Gasteiger partial charge >= 0.3 is 0 Å². The Bertz CT molecular complexity index is 954. The summed E-state index contributed by atoms with van der Waals surface area (Å²) in [5.74, 6) is -0.753. The van der Waals surface area contributed by atoms with Crippen LogP contribution < -0.4 is 0 Å². The number of aromatic hydroxyl groups is 2. The number of hydrogen-bond donors (Lipinski definition) is 2. The van der Waals surface area contributed by atoms with Crippen LogP contribution in [0.4, 0.5) is 5.69 Å². The fraction of sp³-hybridized carbons (Fsp3) is 0.0667. The van der Waals surface area contributed by atoms with E-state index in [4.69, 9.17) is 0 Å². The molecule has 0 aliphatic heterocycles. The average Bonchev–Trinajstić information content (AvgIpc) is 2.97. The quantitative estimate of drug-likeness (QED) is 0.234. The van der Waals surface area contributed by atoms with Crippen LogP contribution in [0.3, 0.4) is 0 Å². The molecule has 0 amide bonds. The number of thiazole rings is 1. The van der Waals surface area contributed by atoms with Crippen molar-refractivity contribution in [3.05, 3.63) is 52.1 Å². The standard InChI is InChI=1S/C15H10N2O5S2/c18-11-4-1-8(5-12(11)19)13(20)7-23-15-16-10-3-2-9(17(21)22)6-14(10)24-15/h1-6,18-19H,7H2. The zero-order valence-corrected chi connectivity index (χ0v) is 13.6. The molecule has 3 rings (SSSR count). The highest BCUT2D eigenvalue weighted by molar-refractivity contribution is 8.01. The highest BCUT2D eigenvalue weighted by Crippen LogP contribution is 2.32. The molecule has 1 aromatic heterocycles. The molecule has 0 radical (unpaired) electrons. The number of aromatic nitrogens is 1. The number of nitrogens with zero attached hydrogens (tertiary/aromatic N) is 2. The molecule has 0 spiro atoms. The van der Waals surface area contributed by atoms with Gasteiger partial charge in [0.05, 0.1) is 20.9 Å². The van der Waals surface area contributed by atoms with Crippen LogP contribution in [0.25, 0.3) is 10.2 Å². The van der Waals surface area contributed by atoms with E-state index in [0.717, 1.165) is 0 Å². The Morgan fingerprint density at radius 3 is 2.71 bits per heavy atom. The van der Waals surface area contributed by atoms with Gasteiger partial charge in [-0.3, -0.25) is 14.9 Å². The van der Waals surface area contributed by atoms with Gasteiger partial charge in [-0.15, -0.1) is 11.3 Å². The summed E-state index contributed by atoms with van der Waals surface area (Å²) in [5.41, 5.74) is 0.927. The van der Waals surface area contributed by atoms with Crippen LogP contribution in [0.2, 0.25) is 0 Å². The van der Waals surface area contributed by atoms with Crippen LogP contribution in [0, 0.1) is 10.1 Å². The number of thioether (sulfide) groups is 1. The van der Waals surface area contributed by atoms with E-state index < -0.39 is 4.92 Å². The van der Waals surface area contributed by atoms with E-state index in [2.05, 4.69) is 4.98 Å². The first kappa shape index (κ1) is 16.2. The fourth-order valence-corrected chi connectivity index (χ4v) is 3.97. The number of nitro benzene ring substituents is 1. The highest BCUT2D eigenvalue weighted by atomic mass is 32.2. The number of benzene rings is 2. The number of nitro groups is 1. The summed E-state index contributed by atoms with van der Waals surface area (Å²) in [4.78, 5) is 26.8. The highest BCUT2D eigenvalue weighted by Gasteiger charge is 2.13. The molecule has 2 aromatic carbocycles. The molecule has 3 aromatic rings. The number of non-ortho nitro benzene ring substituents is 1. The summed E-state index contributed by atoms with van der Waals surface area (Å²) in [5, 5.41) is 29.5. The van der Waals surface area contributed by atoms with E-state index in [-0.39, 0.29) is 34.3 Å². The Balaban J connectivity index is 1.74. The Hall–Kier alpha value is -2.65. The third-order valence-electron chi connectivity index (χ3n) is 3.19. The van der Waals surface area contributed by atoms with Gasteiger partial charge in [0, 0.05) is 17.7 Å². The minimum atomic E-state index is -0.465. The van der Waals surface area contributed by atoms with Gasteiger partial charge < -0.3 is 10.2 Å². The molecule has 0 aliphatic carbocycles. The maximum Gasteiger partial charge on any atom is 0.270 e. The van der Waals surface area contributed by atoms with Crippen molar-refractivity contribution in [1.82, 2.24) is 4.98 Å². The lowest BCUT2D eigenvalue weighted by Crippen LogP contribution is -2.01. The van der Waals surface area contributed by atoms with Crippen LogP contribution in [-0.2, 0) is 0 Å². The maximum atomic E-state index is 12.1. The van der Waals surface area contributed by atoms with Crippen LogP contribution in [0.1, 0.15) is 10.4 Å². The minimum Gasteiger partial charge on any atom is -0.504 e. The molecule has 0 fully saturated rings. The van der Waals surface area contributed by atoms with Crippen molar-refractivity contribution in [1.29, 1.82) is 0 Å². The zero-order valence-electron chi connectivity index (χ0n) is 12.0. The molecular weight excluding hydrogens is 352 g/mol. The second-order valence-corrected chi connectivity index (χ2v) is 7.06. The predicted octanol–water partition coefficient (Wildman–Crippen LogP) is 3.59. The number of hydrogen-bond acceptors (Lipinski definition) is 8. The molecule has 0 saturated heterocycles. The van der Waals surface area contributed by atoms with Crippen molar-refractivity contribution >= 4 is 44.8 Å². The first-order chi connectivity index (χ1) is 11.4. The molecule has 7 nitrogen and oxygen atoms in total. The van der Waals surface area contributed by atoms with Gasteiger partial charge in [0.1, 0.15) is 0 Å². The van der Waals surface area contributed by atoms with Gasteiger partial charge in [-0.2, -0.15) is 0 Å². The first-order valence-electron chi connectivity index (χ1n) is 6.67. The van der Waals surface area contributed by atoms with Crippen LogP contribution in [0.15, 0.2) is 40.7 Å². The molecular formula is C15H10N2O5S2. The number of Topliss-reactive ketones (excluding diaryl/α,β-unsaturated/α-hetero) is 1. The molecule has 0 saturated carbocycles. The molecule has 24 heavy (non-hydrogen) atoms. The van der Waals surface area contributed by atoms with E-state index in [1.807, 2.05) is 0 Å². The first-order valence-corrected chi connectivity index (χ1v) is 8.47. The van der Waals surface area contributed by atoms with Gasteiger partial charge in [-0.25, -0.2) is 4.98 Å². The van der Waals surface area contributed by atoms with E-state index in [0.29, 0.717) is 14.6 Å². The maximum absolute atomic E-state index is 12.1. The van der Waals surface area contributed by atoms with Crippen molar-refractivity contribution in [3.8, 4) is 11.5 Å². The summed E-state index contributed by atoms with van der Waals surface area (Å²) in [6, 6.07) is 8.31. The average molecular weight is 362 g/mol. The summed E-state index contributed by atoms with van der Waals surface area (Å²) in [6.45, 7) is 0. The van der Waals surface area contributed by atoms with Crippen LogP contribution in [0.5, 0.6) is 11.5 Å². The molecule has 2 N–H and O–H groups in total. The predicted molar refractivity (Wildman–Crippen MR) is 91.1 cm³/mol. The molecule has 0 atom stereocenters. The molecule has 122 valence electrons. The molecule has 0 unspecified atom stereocenters. The number of carbonyl (C=O) groups is 1. The SMILES string of the molecule is O=C(CSc1nc2ccc([N+](=O)[O-])cc2s1)c1ccc(O)c(O)c1. The number of ketones is 1. The Morgan fingerprint density at radius 1 is 1.21 bits per heavy atom. The van der Waals surface area contributed by atoms with E-state index in [1.165, 1.54) is 53.4 Å². The number of rotatable bonds is 5. The van der Waals surface area contributed by atoms with Gasteiger partial charge in [-0.05, 0) is 24.3 Å². The largest absolute Gasteiger partial charge is 0.504 e. The van der Waals surface area contributed by atoms with E-state index >= 15 is 0 Å². The Kier molecular flexibility index (Phi) is 4.36. The monoisotopic (exact) mass is 362 g/mol. The summed E-state index contributed by atoms with van der Waals surface area (Å²) < 4.78 is 1.31. The topological polar surface area (TPSA) is 114 Å². The van der Waals surface area contributed by atoms with Crippen molar-refractivity contribution in [2.75, 3.05) is 5.75 Å². The van der Waals surface area contributed by atoms with Crippen molar-refractivity contribution < 1.29 is 19.9 Å². The number of phenols is 2. The van der Waals surface area contributed by atoms with Crippen LogP contribution in [-0.4, -0.2) is 31.7 Å². The fourth-order valence-electron chi connectivity index (χ4n) is 1.97. The lowest BCUT2D eigenvalue weighted by Gasteiger charge is -2.02.